The van der Waals surface area contributed by atoms with Gasteiger partial charge in [-0.2, -0.15) is 0 Å². The molecule has 0 bridgehead atoms. The number of carbonyl (C=O) groups is 1. The normalized spacial score (nSPS) is 10.2. The molecular formula is C16H17NO. The van der Waals surface area contributed by atoms with Gasteiger partial charge >= 0.3 is 0 Å². The summed E-state index contributed by atoms with van der Waals surface area (Å²) < 4.78 is 0. The van der Waals surface area contributed by atoms with Crippen LogP contribution in [0.5, 0.6) is 0 Å². The minimum Gasteiger partial charge on any atom is -0.355 e. The van der Waals surface area contributed by atoms with Crippen molar-refractivity contribution in [2.24, 2.45) is 0 Å². The van der Waals surface area contributed by atoms with Crippen molar-refractivity contribution in [2.45, 2.75) is 20.8 Å². The summed E-state index contributed by atoms with van der Waals surface area (Å²) in [6.45, 7) is 5.75. The molecule has 92 valence electrons. The Hall–Kier alpha value is -2.09. The molecule has 0 atom stereocenters. The topological polar surface area (TPSA) is 29.1 Å². The SMILES string of the molecule is CC(=O)c1ccccc1Nc1cccc(C)c1C. The van der Waals surface area contributed by atoms with E-state index in [0.29, 0.717) is 0 Å². The molecule has 0 aliphatic rings. The summed E-state index contributed by atoms with van der Waals surface area (Å²) >= 11 is 0. The van der Waals surface area contributed by atoms with Crippen molar-refractivity contribution in [3.63, 3.8) is 0 Å². The smallest absolute Gasteiger partial charge is 0.161 e. The van der Waals surface area contributed by atoms with Gasteiger partial charge in [-0.25, -0.2) is 0 Å². The Kier molecular flexibility index (Phi) is 3.47. The fourth-order valence-corrected chi connectivity index (χ4v) is 1.93. The lowest BCUT2D eigenvalue weighted by Gasteiger charge is -2.13. The molecule has 0 saturated carbocycles. The molecule has 0 saturated heterocycles. The van der Waals surface area contributed by atoms with Crippen LogP contribution in [0.15, 0.2) is 42.5 Å². The lowest BCUT2D eigenvalue weighted by atomic mass is 10.1. The Balaban J connectivity index is 2.40. The van der Waals surface area contributed by atoms with Crippen LogP contribution in [-0.4, -0.2) is 5.78 Å². The monoisotopic (exact) mass is 239 g/mol. The van der Waals surface area contributed by atoms with Crippen LogP contribution in [0.3, 0.4) is 0 Å². The summed E-state index contributed by atoms with van der Waals surface area (Å²) in [4.78, 5) is 11.6. The van der Waals surface area contributed by atoms with Crippen molar-refractivity contribution < 1.29 is 4.79 Å². The first-order valence-corrected chi connectivity index (χ1v) is 6.03. The number of carbonyl (C=O) groups excluding carboxylic acids is 1. The van der Waals surface area contributed by atoms with Gasteiger partial charge in [-0.1, -0.05) is 24.3 Å². The largest absolute Gasteiger partial charge is 0.355 e. The molecule has 0 fully saturated rings. The average molecular weight is 239 g/mol. The lowest BCUT2D eigenvalue weighted by molar-refractivity contribution is 0.101. The maximum atomic E-state index is 11.6. The molecule has 2 heteroatoms. The molecule has 1 N–H and O–H groups in total. The van der Waals surface area contributed by atoms with Gasteiger partial charge in [0, 0.05) is 16.9 Å². The third-order valence-corrected chi connectivity index (χ3v) is 3.18. The Morgan fingerprint density at radius 1 is 0.944 bits per heavy atom. The third kappa shape index (κ3) is 2.43. The lowest BCUT2D eigenvalue weighted by Crippen LogP contribution is -2.01. The van der Waals surface area contributed by atoms with E-state index in [2.05, 4.69) is 25.2 Å². The maximum absolute atomic E-state index is 11.6. The predicted octanol–water partition coefficient (Wildman–Crippen LogP) is 4.25. The summed E-state index contributed by atoms with van der Waals surface area (Å²) in [5.41, 5.74) is 5.07. The van der Waals surface area contributed by atoms with E-state index in [0.717, 1.165) is 16.9 Å². The number of hydrogen-bond donors (Lipinski definition) is 1. The molecule has 2 aromatic rings. The number of benzene rings is 2. The maximum Gasteiger partial charge on any atom is 0.161 e. The minimum atomic E-state index is 0.0726. The number of ketones is 1. The molecule has 0 radical (unpaired) electrons. The van der Waals surface area contributed by atoms with Crippen molar-refractivity contribution in [1.29, 1.82) is 0 Å². The van der Waals surface area contributed by atoms with E-state index in [1.807, 2.05) is 36.4 Å². The Bertz CT molecular complexity index is 587. The zero-order valence-corrected chi connectivity index (χ0v) is 10.9. The number of rotatable bonds is 3. The van der Waals surface area contributed by atoms with Crippen molar-refractivity contribution >= 4 is 17.2 Å². The van der Waals surface area contributed by atoms with E-state index in [9.17, 15) is 4.79 Å². The van der Waals surface area contributed by atoms with Crippen LogP contribution in [0.2, 0.25) is 0 Å². The second-order valence-corrected chi connectivity index (χ2v) is 4.47. The van der Waals surface area contributed by atoms with Crippen LogP contribution in [0.4, 0.5) is 11.4 Å². The zero-order chi connectivity index (χ0) is 13.1. The fraction of sp³-hybridized carbons (Fsp3) is 0.188. The molecule has 0 amide bonds. The number of Topliss-reactive ketones (excluding diaryl/α,β-unsaturated/α-hetero) is 1. The quantitative estimate of drug-likeness (QED) is 0.811. The van der Waals surface area contributed by atoms with E-state index in [1.54, 1.807) is 6.92 Å². The van der Waals surface area contributed by atoms with Gasteiger partial charge in [0.2, 0.25) is 0 Å². The molecule has 0 aromatic heterocycles. The first-order valence-electron chi connectivity index (χ1n) is 6.03. The van der Waals surface area contributed by atoms with E-state index in [1.165, 1.54) is 11.1 Å². The van der Waals surface area contributed by atoms with Gasteiger partial charge in [-0.05, 0) is 50.1 Å². The first-order chi connectivity index (χ1) is 8.59. The molecule has 2 rings (SSSR count). The summed E-state index contributed by atoms with van der Waals surface area (Å²) in [7, 11) is 0. The molecule has 0 heterocycles. The van der Waals surface area contributed by atoms with Gasteiger partial charge in [0.15, 0.2) is 5.78 Å². The average Bonchev–Trinajstić information content (AvgIpc) is 2.35. The van der Waals surface area contributed by atoms with Crippen molar-refractivity contribution in [3.8, 4) is 0 Å². The Labute approximate surface area is 108 Å². The van der Waals surface area contributed by atoms with Gasteiger partial charge < -0.3 is 5.32 Å². The molecule has 2 aromatic carbocycles. The standard InChI is InChI=1S/C16H17NO/c1-11-7-6-10-15(12(11)2)17-16-9-5-4-8-14(16)13(3)18/h4-10,17H,1-3H3. The summed E-state index contributed by atoms with van der Waals surface area (Å²) in [6, 6.07) is 13.7. The van der Waals surface area contributed by atoms with Gasteiger partial charge in [0.25, 0.3) is 0 Å². The zero-order valence-electron chi connectivity index (χ0n) is 10.9. The van der Waals surface area contributed by atoms with Gasteiger partial charge in [0.1, 0.15) is 0 Å². The fourth-order valence-electron chi connectivity index (χ4n) is 1.93. The molecule has 2 nitrogen and oxygen atoms in total. The number of aryl methyl sites for hydroxylation is 1. The van der Waals surface area contributed by atoms with Crippen LogP contribution in [0.25, 0.3) is 0 Å². The molecule has 18 heavy (non-hydrogen) atoms. The van der Waals surface area contributed by atoms with Gasteiger partial charge in [-0.3, -0.25) is 4.79 Å². The molecular weight excluding hydrogens is 222 g/mol. The predicted molar refractivity (Wildman–Crippen MR) is 75.6 cm³/mol. The van der Waals surface area contributed by atoms with Crippen LogP contribution < -0.4 is 5.32 Å². The van der Waals surface area contributed by atoms with E-state index < -0.39 is 0 Å². The van der Waals surface area contributed by atoms with Gasteiger partial charge in [0.05, 0.1) is 0 Å². The highest BCUT2D eigenvalue weighted by molar-refractivity contribution is 6.00. The van der Waals surface area contributed by atoms with Crippen molar-refractivity contribution in [1.82, 2.24) is 0 Å². The van der Waals surface area contributed by atoms with Crippen LogP contribution in [-0.2, 0) is 0 Å². The Morgan fingerprint density at radius 2 is 1.61 bits per heavy atom. The number of para-hydroxylation sites is 1. The second-order valence-electron chi connectivity index (χ2n) is 4.47. The number of hydrogen-bond acceptors (Lipinski definition) is 2. The Morgan fingerprint density at radius 3 is 2.33 bits per heavy atom. The summed E-state index contributed by atoms with van der Waals surface area (Å²) in [6.07, 6.45) is 0. The molecule has 0 unspecified atom stereocenters. The number of anilines is 2. The van der Waals surface area contributed by atoms with Crippen LogP contribution in [0, 0.1) is 13.8 Å². The van der Waals surface area contributed by atoms with E-state index in [-0.39, 0.29) is 5.78 Å². The second kappa shape index (κ2) is 5.05. The van der Waals surface area contributed by atoms with Crippen molar-refractivity contribution in [2.75, 3.05) is 5.32 Å². The van der Waals surface area contributed by atoms with Crippen LogP contribution in [0.1, 0.15) is 28.4 Å². The molecule has 0 aliphatic carbocycles. The third-order valence-electron chi connectivity index (χ3n) is 3.18. The summed E-state index contributed by atoms with van der Waals surface area (Å²) in [5, 5.41) is 3.34. The van der Waals surface area contributed by atoms with E-state index >= 15 is 0 Å². The van der Waals surface area contributed by atoms with Gasteiger partial charge in [-0.15, -0.1) is 0 Å². The van der Waals surface area contributed by atoms with E-state index in [4.69, 9.17) is 0 Å². The highest BCUT2D eigenvalue weighted by atomic mass is 16.1. The number of nitrogens with one attached hydrogen (secondary N) is 1. The first kappa shape index (κ1) is 12.4. The summed E-state index contributed by atoms with van der Waals surface area (Å²) in [5.74, 6) is 0.0726. The van der Waals surface area contributed by atoms with Crippen molar-refractivity contribution in [3.05, 3.63) is 59.2 Å². The highest BCUT2D eigenvalue weighted by Crippen LogP contribution is 2.25. The van der Waals surface area contributed by atoms with Crippen LogP contribution >= 0.6 is 0 Å². The highest BCUT2D eigenvalue weighted by Gasteiger charge is 2.07. The molecule has 0 spiro atoms. The minimum absolute atomic E-state index is 0.0726. The molecule has 0 aliphatic heterocycles.